The lowest BCUT2D eigenvalue weighted by Gasteiger charge is -2.68. The number of anilines is 1. The van der Waals surface area contributed by atoms with Gasteiger partial charge in [-0.2, -0.15) is 0 Å². The quantitative estimate of drug-likeness (QED) is 0.298. The smallest absolute Gasteiger partial charge is 0.335 e. The number of para-hydroxylation sites is 1. The third kappa shape index (κ3) is 3.16. The highest BCUT2D eigenvalue weighted by molar-refractivity contribution is 5.82. The van der Waals surface area contributed by atoms with E-state index in [0.29, 0.717) is 35.9 Å². The van der Waals surface area contributed by atoms with Crippen LogP contribution < -0.4 is 10.0 Å². The third-order valence-electron chi connectivity index (χ3n) is 10.5. The molecule has 6 aliphatic rings. The first-order chi connectivity index (χ1) is 17.5. The van der Waals surface area contributed by atoms with Gasteiger partial charge in [0.15, 0.2) is 12.3 Å². The summed E-state index contributed by atoms with van der Waals surface area (Å²) in [6.45, 7) is 5.56. The molecule has 12 unspecified atom stereocenters. The summed E-state index contributed by atoms with van der Waals surface area (Å²) >= 11 is 0. The van der Waals surface area contributed by atoms with Gasteiger partial charge in [-0.25, -0.2) is 4.79 Å². The van der Waals surface area contributed by atoms with Gasteiger partial charge in [-0.3, -0.25) is 4.48 Å². The topological polar surface area (TPSA) is 162 Å². The van der Waals surface area contributed by atoms with Crippen molar-refractivity contribution in [3.05, 3.63) is 29.8 Å². The predicted octanol–water partition coefficient (Wildman–Crippen LogP) is -0.978. The zero-order valence-electron chi connectivity index (χ0n) is 21.5. The summed E-state index contributed by atoms with van der Waals surface area (Å²) in [4.78, 5) is 21.9. The van der Waals surface area contributed by atoms with Crippen LogP contribution in [0, 0.1) is 17.8 Å². The van der Waals surface area contributed by atoms with Crippen LogP contribution in [0.3, 0.4) is 0 Å². The molecule has 5 N–H and O–H groups in total. The van der Waals surface area contributed by atoms with Crippen molar-refractivity contribution >= 4 is 17.6 Å². The number of aliphatic hydroxyl groups excluding tert-OH is 4. The van der Waals surface area contributed by atoms with Gasteiger partial charge < -0.3 is 40.3 Å². The van der Waals surface area contributed by atoms with Crippen LogP contribution in [-0.4, -0.2) is 98.2 Å². The highest BCUT2D eigenvalue weighted by Gasteiger charge is 2.82. The number of rotatable bonds is 6. The van der Waals surface area contributed by atoms with E-state index in [2.05, 4.69) is 50.1 Å². The van der Waals surface area contributed by atoms with Gasteiger partial charge in [0.25, 0.3) is 0 Å². The highest BCUT2D eigenvalue weighted by atomic mass is 16.4. The van der Waals surface area contributed by atoms with Gasteiger partial charge in [-0.1, -0.05) is 32.0 Å². The van der Waals surface area contributed by atoms with Gasteiger partial charge in [-0.05, 0) is 30.4 Å². The molecule has 0 radical (unpaired) electrons. The highest BCUT2D eigenvalue weighted by Crippen LogP contribution is 2.71. The summed E-state index contributed by atoms with van der Waals surface area (Å²) in [7, 11) is 2.23. The fourth-order valence-corrected chi connectivity index (χ4v) is 9.49. The molecule has 5 heterocycles. The van der Waals surface area contributed by atoms with Gasteiger partial charge in [0.1, 0.15) is 12.1 Å². The number of carbonyl (C=O) groups is 2. The Balaban J connectivity index is 0.000000241. The summed E-state index contributed by atoms with van der Waals surface area (Å²) in [6.07, 6.45) is -0.869. The minimum absolute atomic E-state index is 0.127. The number of benzene rings is 1. The molecule has 7 rings (SSSR count). The first-order valence-corrected chi connectivity index (χ1v) is 13.4. The molecule has 12 atom stereocenters. The first-order valence-electron chi connectivity index (χ1n) is 13.4. The van der Waals surface area contributed by atoms with Crippen molar-refractivity contribution in [2.45, 2.75) is 87.6 Å². The molecule has 1 saturated carbocycles. The van der Waals surface area contributed by atoms with Crippen molar-refractivity contribution in [3.63, 3.8) is 0 Å². The number of likely N-dealkylation sites (N-methyl/N-ethyl adjacent to an activating group) is 1. The van der Waals surface area contributed by atoms with Gasteiger partial charge in [0, 0.05) is 37.4 Å². The van der Waals surface area contributed by atoms with Crippen LogP contribution in [0.15, 0.2) is 24.3 Å². The second-order valence-electron chi connectivity index (χ2n) is 11.6. The second-order valence-corrected chi connectivity index (χ2v) is 11.6. The van der Waals surface area contributed by atoms with Crippen molar-refractivity contribution in [2.75, 3.05) is 18.5 Å². The maximum absolute atomic E-state index is 11.9. The average Bonchev–Trinajstić information content (AvgIpc) is 3.26. The summed E-state index contributed by atoms with van der Waals surface area (Å²) in [6, 6.07) is 9.97. The Morgan fingerprint density at radius 2 is 1.84 bits per heavy atom. The lowest BCUT2D eigenvalue weighted by Crippen LogP contribution is -2.83. The number of quaternary nitrogens is 1. The fraction of sp³-hybridized carbons (Fsp3) is 0.704. The second kappa shape index (κ2) is 8.91. The molecular formula is C27H38N2O8. The molecule has 5 bridgehead atoms. The monoisotopic (exact) mass is 518 g/mol. The average molecular weight is 519 g/mol. The van der Waals surface area contributed by atoms with Crippen LogP contribution in [0.1, 0.15) is 45.1 Å². The summed E-state index contributed by atoms with van der Waals surface area (Å²) in [5, 5.41) is 57.7. The molecule has 1 aliphatic carbocycles. The number of carbonyl (C=O) groups excluding carboxylic acids is 1. The number of hydrogen-bond acceptors (Lipinski definition) is 8. The molecule has 204 valence electrons. The van der Waals surface area contributed by atoms with E-state index in [1.807, 2.05) is 0 Å². The Morgan fingerprint density at radius 1 is 1.16 bits per heavy atom. The van der Waals surface area contributed by atoms with Crippen molar-refractivity contribution in [2.24, 2.45) is 17.8 Å². The number of aliphatic hydroxyl groups is 4. The van der Waals surface area contributed by atoms with E-state index < -0.39 is 24.1 Å². The molecule has 4 saturated heterocycles. The van der Waals surface area contributed by atoms with E-state index in [1.165, 1.54) is 17.7 Å². The number of carboxylic acids is 2. The Morgan fingerprint density at radius 3 is 2.41 bits per heavy atom. The maximum Gasteiger partial charge on any atom is 0.335 e. The van der Waals surface area contributed by atoms with E-state index in [0.717, 1.165) is 30.3 Å². The maximum atomic E-state index is 11.9. The fourth-order valence-electron chi connectivity index (χ4n) is 9.49. The van der Waals surface area contributed by atoms with Crippen LogP contribution in [0.2, 0.25) is 0 Å². The molecule has 1 spiro atoms. The van der Waals surface area contributed by atoms with Crippen LogP contribution in [-0.2, 0) is 15.0 Å². The summed E-state index contributed by atoms with van der Waals surface area (Å²) in [5.74, 6) is -2.65. The molecule has 10 nitrogen and oxygen atoms in total. The zero-order chi connectivity index (χ0) is 27.0. The Hall–Kier alpha value is -2.24. The van der Waals surface area contributed by atoms with E-state index in [-0.39, 0.29) is 17.7 Å². The molecule has 0 aromatic heterocycles. The largest absolute Gasteiger partial charge is 0.547 e. The SMILES string of the molecule is CCC[N+]12C(O)C(CC)C3CC1C1N(C)c4ccccc4C14CC2C3C4O.O=C([O-])C(O)C(O)C(=O)O. The van der Waals surface area contributed by atoms with Gasteiger partial charge in [0.2, 0.25) is 0 Å². The van der Waals surface area contributed by atoms with Gasteiger partial charge >= 0.3 is 5.97 Å². The Labute approximate surface area is 216 Å². The van der Waals surface area contributed by atoms with Crippen molar-refractivity contribution in [3.8, 4) is 0 Å². The Kier molecular flexibility index (Phi) is 6.35. The normalized spacial score (nSPS) is 43.5. The number of carboxylic acid groups (broad SMARTS) is 2. The van der Waals surface area contributed by atoms with Crippen LogP contribution >= 0.6 is 0 Å². The molecule has 0 amide bonds. The molecule has 1 aromatic carbocycles. The van der Waals surface area contributed by atoms with E-state index in [4.69, 9.17) is 15.3 Å². The first kappa shape index (κ1) is 26.4. The van der Waals surface area contributed by atoms with Crippen molar-refractivity contribution in [1.82, 2.24) is 0 Å². The number of fused-ring (bicyclic) bond motifs is 2. The van der Waals surface area contributed by atoms with Gasteiger partial charge in [-0.15, -0.1) is 0 Å². The standard InChI is InChI=1S/C23H33N2O2.C4H6O6/c1-4-10-25-17-11-14(13(5-2)22(25)27)19-18(25)12-23(21(19)26)15-8-6-7-9-16(15)24(3)20(17)23;5-1(3(7)8)2(6)4(9)10/h6-9,13-14,17-22,26-27H,4-5,10-12H2,1-3H3;1-2,5-6H,(H,7,8)(H,9,10)/q+1;/p-1. The minimum atomic E-state index is -2.38. The summed E-state index contributed by atoms with van der Waals surface area (Å²) < 4.78 is 0.873. The molecule has 5 aliphatic heterocycles. The van der Waals surface area contributed by atoms with Crippen LogP contribution in [0.25, 0.3) is 0 Å². The van der Waals surface area contributed by atoms with Crippen LogP contribution in [0.5, 0.6) is 0 Å². The zero-order valence-corrected chi connectivity index (χ0v) is 21.5. The molecule has 37 heavy (non-hydrogen) atoms. The predicted molar refractivity (Wildman–Crippen MR) is 130 cm³/mol. The summed E-state index contributed by atoms with van der Waals surface area (Å²) in [5.41, 5.74) is 2.56. The third-order valence-corrected chi connectivity index (χ3v) is 10.5. The molecule has 1 aromatic rings. The van der Waals surface area contributed by atoms with E-state index in [9.17, 15) is 24.9 Å². The molecular weight excluding hydrogens is 480 g/mol. The van der Waals surface area contributed by atoms with Crippen molar-refractivity contribution in [1.29, 1.82) is 0 Å². The van der Waals surface area contributed by atoms with Crippen LogP contribution in [0.4, 0.5) is 5.69 Å². The Bertz CT molecular complexity index is 1070. The van der Waals surface area contributed by atoms with Crippen molar-refractivity contribution < 1.29 is 44.7 Å². The van der Waals surface area contributed by atoms with Gasteiger partial charge in [0.05, 0.1) is 36.1 Å². The lowest BCUT2D eigenvalue weighted by atomic mass is 9.60. The number of hydrogen-bond donors (Lipinski definition) is 5. The van der Waals surface area contributed by atoms with E-state index in [1.54, 1.807) is 0 Å². The molecule has 10 heteroatoms. The number of nitrogens with zero attached hydrogens (tertiary/aromatic N) is 2. The minimum Gasteiger partial charge on any atom is -0.547 e. The lowest BCUT2D eigenvalue weighted by molar-refractivity contribution is -1.04. The number of aliphatic carboxylic acids is 2. The molecule has 5 fully saturated rings. The number of piperidine rings is 4. The van der Waals surface area contributed by atoms with E-state index >= 15 is 0 Å².